The van der Waals surface area contributed by atoms with Gasteiger partial charge >= 0.3 is 0 Å². The molecule has 0 heterocycles. The van der Waals surface area contributed by atoms with Gasteiger partial charge in [-0.2, -0.15) is 0 Å². The summed E-state index contributed by atoms with van der Waals surface area (Å²) in [6, 6.07) is 17.1. The first-order valence-electron chi connectivity index (χ1n) is 7.38. The van der Waals surface area contributed by atoms with Crippen molar-refractivity contribution in [2.75, 3.05) is 4.90 Å². The smallest absolute Gasteiger partial charge is 0.0490 e. The minimum Gasteiger partial charge on any atom is -0.311 e. The molecule has 0 unspecified atom stereocenters. The standard InChI is InChI=1S/C20H23N/c1-5-10-18(6-2)21(19-11-8-7-9-12-19)20-14-13-16(3)15-17(20)4/h5-15H,1-4H3/b10-5-,18-6+. The van der Waals surface area contributed by atoms with E-state index in [9.17, 15) is 0 Å². The van der Waals surface area contributed by atoms with E-state index < -0.39 is 0 Å². The van der Waals surface area contributed by atoms with Gasteiger partial charge in [-0.3, -0.25) is 0 Å². The number of hydrogen-bond acceptors (Lipinski definition) is 1. The highest BCUT2D eigenvalue weighted by atomic mass is 15.1. The van der Waals surface area contributed by atoms with E-state index in [0.717, 1.165) is 0 Å². The van der Waals surface area contributed by atoms with Crippen molar-refractivity contribution in [3.63, 3.8) is 0 Å². The highest BCUT2D eigenvalue weighted by Crippen LogP contribution is 2.33. The average Bonchev–Trinajstić information content (AvgIpc) is 2.49. The molecule has 0 aliphatic rings. The predicted octanol–water partition coefficient (Wildman–Crippen LogP) is 5.92. The highest BCUT2D eigenvalue weighted by molar-refractivity contribution is 5.72. The molecule has 0 bridgehead atoms. The number of allylic oxidation sites excluding steroid dienone is 3. The molecular weight excluding hydrogens is 254 g/mol. The van der Waals surface area contributed by atoms with Gasteiger partial charge in [0.2, 0.25) is 0 Å². The Balaban J connectivity index is 2.61. The first kappa shape index (κ1) is 15.1. The maximum atomic E-state index is 2.30. The molecule has 2 aromatic rings. The molecule has 1 heteroatoms. The summed E-state index contributed by atoms with van der Waals surface area (Å²) < 4.78 is 0. The number of para-hydroxylation sites is 1. The fourth-order valence-corrected chi connectivity index (χ4v) is 2.53. The summed E-state index contributed by atoms with van der Waals surface area (Å²) in [5, 5.41) is 0. The van der Waals surface area contributed by atoms with E-state index >= 15 is 0 Å². The molecule has 0 saturated carbocycles. The Bertz CT molecular complexity index is 651. The van der Waals surface area contributed by atoms with Crippen molar-refractivity contribution < 1.29 is 0 Å². The van der Waals surface area contributed by atoms with Crippen molar-refractivity contribution in [1.82, 2.24) is 0 Å². The first-order valence-corrected chi connectivity index (χ1v) is 7.38. The van der Waals surface area contributed by atoms with E-state index in [4.69, 9.17) is 0 Å². The van der Waals surface area contributed by atoms with Crippen molar-refractivity contribution in [1.29, 1.82) is 0 Å². The van der Waals surface area contributed by atoms with Gasteiger partial charge in [0.15, 0.2) is 0 Å². The second-order valence-electron chi connectivity index (χ2n) is 5.17. The molecule has 0 radical (unpaired) electrons. The van der Waals surface area contributed by atoms with Gasteiger partial charge in [-0.15, -0.1) is 0 Å². The van der Waals surface area contributed by atoms with Crippen LogP contribution in [0.25, 0.3) is 0 Å². The number of benzene rings is 2. The average molecular weight is 277 g/mol. The third kappa shape index (κ3) is 3.43. The van der Waals surface area contributed by atoms with E-state index in [0.29, 0.717) is 0 Å². The Labute approximate surface area is 128 Å². The molecule has 0 N–H and O–H groups in total. The lowest BCUT2D eigenvalue weighted by molar-refractivity contribution is 1.17. The van der Waals surface area contributed by atoms with Crippen molar-refractivity contribution >= 4 is 11.4 Å². The van der Waals surface area contributed by atoms with E-state index in [1.54, 1.807) is 0 Å². The minimum absolute atomic E-state index is 1.18. The molecule has 2 rings (SSSR count). The summed E-state index contributed by atoms with van der Waals surface area (Å²) in [5.41, 5.74) is 6.14. The Kier molecular flexibility index (Phi) is 4.99. The number of rotatable bonds is 4. The number of aryl methyl sites for hydroxylation is 2. The van der Waals surface area contributed by atoms with Crippen molar-refractivity contribution in [2.24, 2.45) is 0 Å². The number of anilines is 2. The quantitative estimate of drug-likeness (QED) is 0.627. The molecule has 1 nitrogen and oxygen atoms in total. The van der Waals surface area contributed by atoms with Gasteiger partial charge in [0.1, 0.15) is 0 Å². The SMILES string of the molecule is C/C=C\C(=C/C)N(c1ccccc1)c1ccc(C)cc1C. The van der Waals surface area contributed by atoms with Crippen LogP contribution in [0.2, 0.25) is 0 Å². The summed E-state index contributed by atoms with van der Waals surface area (Å²) in [5.74, 6) is 0. The molecule has 0 aliphatic heterocycles. The van der Waals surface area contributed by atoms with Crippen LogP contribution in [0.3, 0.4) is 0 Å². The van der Waals surface area contributed by atoms with E-state index in [2.05, 4.69) is 99.4 Å². The molecule has 2 aromatic carbocycles. The fourth-order valence-electron chi connectivity index (χ4n) is 2.53. The monoisotopic (exact) mass is 277 g/mol. The van der Waals surface area contributed by atoms with Crippen LogP contribution in [0.15, 0.2) is 72.5 Å². The van der Waals surface area contributed by atoms with Gasteiger partial charge in [-0.05, 0) is 57.5 Å². The van der Waals surface area contributed by atoms with Crippen molar-refractivity contribution in [2.45, 2.75) is 27.7 Å². The van der Waals surface area contributed by atoms with E-state index in [-0.39, 0.29) is 0 Å². The zero-order chi connectivity index (χ0) is 15.2. The summed E-state index contributed by atoms with van der Waals surface area (Å²) in [7, 11) is 0. The lowest BCUT2D eigenvalue weighted by Gasteiger charge is -2.28. The third-order valence-electron chi connectivity index (χ3n) is 3.50. The van der Waals surface area contributed by atoms with Gasteiger partial charge in [-0.1, -0.05) is 48.0 Å². The van der Waals surface area contributed by atoms with Crippen molar-refractivity contribution in [3.05, 3.63) is 83.6 Å². The summed E-state index contributed by atoms with van der Waals surface area (Å²) in [6.07, 6.45) is 6.37. The number of hydrogen-bond donors (Lipinski definition) is 0. The fraction of sp³-hybridized carbons (Fsp3) is 0.200. The molecule has 0 spiro atoms. The second-order valence-corrected chi connectivity index (χ2v) is 5.17. The van der Waals surface area contributed by atoms with Crippen LogP contribution in [0, 0.1) is 13.8 Å². The van der Waals surface area contributed by atoms with Crippen LogP contribution in [0.1, 0.15) is 25.0 Å². The molecule has 21 heavy (non-hydrogen) atoms. The topological polar surface area (TPSA) is 3.24 Å². The maximum absolute atomic E-state index is 2.30. The molecule has 0 atom stereocenters. The highest BCUT2D eigenvalue weighted by Gasteiger charge is 2.14. The third-order valence-corrected chi connectivity index (χ3v) is 3.50. The van der Waals surface area contributed by atoms with E-state index in [1.165, 1.54) is 28.2 Å². The zero-order valence-electron chi connectivity index (χ0n) is 13.3. The lowest BCUT2D eigenvalue weighted by Crippen LogP contribution is -2.16. The maximum Gasteiger partial charge on any atom is 0.0490 e. The van der Waals surface area contributed by atoms with Gasteiger partial charge < -0.3 is 4.90 Å². The Morgan fingerprint density at radius 3 is 2.24 bits per heavy atom. The Morgan fingerprint density at radius 1 is 0.952 bits per heavy atom. The second kappa shape index (κ2) is 6.94. The van der Waals surface area contributed by atoms with Gasteiger partial charge in [0.05, 0.1) is 0 Å². The lowest BCUT2D eigenvalue weighted by atomic mass is 10.1. The summed E-state index contributed by atoms with van der Waals surface area (Å²) in [4.78, 5) is 2.30. The van der Waals surface area contributed by atoms with Crippen LogP contribution in [-0.2, 0) is 0 Å². The van der Waals surface area contributed by atoms with Gasteiger partial charge in [0, 0.05) is 17.1 Å². The molecule has 0 saturated heterocycles. The van der Waals surface area contributed by atoms with Crippen LogP contribution in [0.4, 0.5) is 11.4 Å². The van der Waals surface area contributed by atoms with E-state index in [1.807, 2.05) is 0 Å². The number of nitrogens with zero attached hydrogens (tertiary/aromatic N) is 1. The predicted molar refractivity (Wildman–Crippen MR) is 93.1 cm³/mol. The summed E-state index contributed by atoms with van der Waals surface area (Å²) in [6.45, 7) is 8.43. The van der Waals surface area contributed by atoms with Crippen LogP contribution in [0.5, 0.6) is 0 Å². The zero-order valence-corrected chi connectivity index (χ0v) is 13.3. The van der Waals surface area contributed by atoms with Gasteiger partial charge in [0.25, 0.3) is 0 Å². The first-order chi connectivity index (χ1) is 10.2. The minimum atomic E-state index is 1.18. The van der Waals surface area contributed by atoms with Crippen LogP contribution < -0.4 is 4.90 Å². The Morgan fingerprint density at radius 2 is 1.67 bits per heavy atom. The van der Waals surface area contributed by atoms with Gasteiger partial charge in [-0.25, -0.2) is 0 Å². The molecule has 0 aliphatic carbocycles. The Hall–Kier alpha value is -2.28. The molecule has 0 aromatic heterocycles. The summed E-state index contributed by atoms with van der Waals surface area (Å²) >= 11 is 0. The molecule has 0 fully saturated rings. The van der Waals surface area contributed by atoms with Crippen LogP contribution in [-0.4, -0.2) is 0 Å². The van der Waals surface area contributed by atoms with Crippen LogP contribution >= 0.6 is 0 Å². The molecular formula is C20H23N. The molecule has 108 valence electrons. The normalized spacial score (nSPS) is 11.9. The molecule has 0 amide bonds. The largest absolute Gasteiger partial charge is 0.311 e. The van der Waals surface area contributed by atoms with Crippen molar-refractivity contribution in [3.8, 4) is 0 Å².